The first-order chi connectivity index (χ1) is 4.77. The van der Waals surface area contributed by atoms with Gasteiger partial charge < -0.3 is 5.73 Å². The van der Waals surface area contributed by atoms with Crippen LogP contribution in [0.3, 0.4) is 0 Å². The normalized spacial score (nSPS) is 48.0. The molecule has 2 rings (SSSR count). The Kier molecular flexibility index (Phi) is 1.44. The maximum Gasteiger partial charge on any atom is 0.0259 e. The molecular formula is C7H15N3. The van der Waals surface area contributed by atoms with E-state index in [2.05, 4.69) is 0 Å². The fraction of sp³-hybridized carbons (Fsp3) is 1.00. The Hall–Kier alpha value is -0.120. The lowest BCUT2D eigenvalue weighted by atomic mass is 10.0. The maximum atomic E-state index is 5.84. The highest BCUT2D eigenvalue weighted by molar-refractivity contribution is 4.93. The zero-order chi connectivity index (χ0) is 7.14. The summed E-state index contributed by atoms with van der Waals surface area (Å²) in [7, 11) is 0. The lowest BCUT2D eigenvalue weighted by Gasteiger charge is -2.33. The molecule has 2 aliphatic rings. The molecular weight excluding hydrogens is 126 g/mol. The van der Waals surface area contributed by atoms with Crippen molar-refractivity contribution in [1.82, 2.24) is 5.01 Å². The molecule has 2 fully saturated rings. The number of nitrogens with zero attached hydrogens (tertiary/aromatic N) is 1. The van der Waals surface area contributed by atoms with Crippen molar-refractivity contribution < 1.29 is 0 Å². The smallest absolute Gasteiger partial charge is 0.0259 e. The van der Waals surface area contributed by atoms with Gasteiger partial charge in [-0.15, -0.1) is 0 Å². The zero-order valence-corrected chi connectivity index (χ0v) is 6.16. The molecule has 4 N–H and O–H groups in total. The van der Waals surface area contributed by atoms with Gasteiger partial charge in [-0.25, -0.2) is 5.01 Å². The van der Waals surface area contributed by atoms with Crippen LogP contribution in [0.5, 0.6) is 0 Å². The van der Waals surface area contributed by atoms with Crippen molar-refractivity contribution in [1.29, 1.82) is 0 Å². The SMILES string of the molecule is NC1C[C@H]2CC[C@@H](C1)N2N. The van der Waals surface area contributed by atoms with Crippen molar-refractivity contribution >= 4 is 0 Å². The molecule has 1 unspecified atom stereocenters. The van der Waals surface area contributed by atoms with E-state index in [1.54, 1.807) is 0 Å². The molecule has 0 amide bonds. The summed E-state index contributed by atoms with van der Waals surface area (Å²) in [4.78, 5) is 0. The first kappa shape index (κ1) is 6.58. The van der Waals surface area contributed by atoms with Gasteiger partial charge in [-0.3, -0.25) is 5.84 Å². The summed E-state index contributed by atoms with van der Waals surface area (Å²) in [6.07, 6.45) is 4.73. The van der Waals surface area contributed by atoms with Gasteiger partial charge in [-0.2, -0.15) is 0 Å². The molecule has 0 saturated carbocycles. The lowest BCUT2D eigenvalue weighted by Crippen LogP contribution is -2.50. The zero-order valence-electron chi connectivity index (χ0n) is 6.16. The van der Waals surface area contributed by atoms with E-state index in [4.69, 9.17) is 11.6 Å². The van der Waals surface area contributed by atoms with Crippen molar-refractivity contribution in [2.45, 2.75) is 43.8 Å². The Balaban J connectivity index is 2.09. The summed E-state index contributed by atoms with van der Waals surface area (Å²) in [6.45, 7) is 0. The second-order valence-corrected chi connectivity index (χ2v) is 3.56. The van der Waals surface area contributed by atoms with E-state index in [0.717, 1.165) is 12.8 Å². The number of hydrogen-bond acceptors (Lipinski definition) is 3. The number of hydrogen-bond donors (Lipinski definition) is 2. The van der Waals surface area contributed by atoms with E-state index in [-0.39, 0.29) is 0 Å². The van der Waals surface area contributed by atoms with Gasteiger partial charge in [0.15, 0.2) is 0 Å². The average molecular weight is 141 g/mol. The topological polar surface area (TPSA) is 55.3 Å². The van der Waals surface area contributed by atoms with Crippen molar-refractivity contribution in [3.8, 4) is 0 Å². The average Bonchev–Trinajstić information content (AvgIpc) is 2.20. The van der Waals surface area contributed by atoms with Crippen LogP contribution in [-0.2, 0) is 0 Å². The highest BCUT2D eigenvalue weighted by atomic mass is 15.5. The van der Waals surface area contributed by atoms with Crippen molar-refractivity contribution in [3.05, 3.63) is 0 Å². The molecule has 3 atom stereocenters. The molecule has 0 radical (unpaired) electrons. The summed E-state index contributed by atoms with van der Waals surface area (Å²) in [6, 6.07) is 1.60. The Morgan fingerprint density at radius 3 is 2.10 bits per heavy atom. The largest absolute Gasteiger partial charge is 0.328 e. The van der Waals surface area contributed by atoms with Crippen LogP contribution >= 0.6 is 0 Å². The molecule has 2 aliphatic heterocycles. The molecule has 0 aliphatic carbocycles. The highest BCUT2D eigenvalue weighted by Crippen LogP contribution is 2.31. The van der Waals surface area contributed by atoms with Crippen LogP contribution < -0.4 is 11.6 Å². The van der Waals surface area contributed by atoms with Crippen LogP contribution in [0.15, 0.2) is 0 Å². The van der Waals surface area contributed by atoms with E-state index >= 15 is 0 Å². The van der Waals surface area contributed by atoms with Gasteiger partial charge in [0.25, 0.3) is 0 Å². The van der Waals surface area contributed by atoms with Gasteiger partial charge in [-0.05, 0) is 25.7 Å². The minimum atomic E-state index is 0.414. The van der Waals surface area contributed by atoms with Gasteiger partial charge in [0.2, 0.25) is 0 Å². The van der Waals surface area contributed by atoms with Crippen LogP contribution in [0.2, 0.25) is 0 Å². The Morgan fingerprint density at radius 1 is 1.10 bits per heavy atom. The van der Waals surface area contributed by atoms with E-state index in [9.17, 15) is 0 Å². The summed E-state index contributed by atoms with van der Waals surface area (Å²) in [5.41, 5.74) is 5.84. The third kappa shape index (κ3) is 0.856. The van der Waals surface area contributed by atoms with Crippen LogP contribution in [0, 0.1) is 0 Å². The molecule has 3 heteroatoms. The Morgan fingerprint density at radius 2 is 1.60 bits per heavy atom. The molecule has 10 heavy (non-hydrogen) atoms. The third-order valence-electron chi connectivity index (χ3n) is 2.83. The standard InChI is InChI=1S/C7H15N3/c8-5-3-6-1-2-7(4-5)10(6)9/h5-7H,1-4,8-9H2/t5?,6-,7+. The van der Waals surface area contributed by atoms with Gasteiger partial charge in [0, 0.05) is 18.1 Å². The highest BCUT2D eigenvalue weighted by Gasteiger charge is 2.37. The fourth-order valence-electron chi connectivity index (χ4n) is 2.26. The lowest BCUT2D eigenvalue weighted by molar-refractivity contribution is 0.130. The number of piperidine rings is 1. The van der Waals surface area contributed by atoms with E-state index < -0.39 is 0 Å². The molecule has 2 heterocycles. The summed E-state index contributed by atoms with van der Waals surface area (Å²) in [5, 5.41) is 2.02. The summed E-state index contributed by atoms with van der Waals surface area (Å²) >= 11 is 0. The number of fused-ring (bicyclic) bond motifs is 2. The maximum absolute atomic E-state index is 5.84. The van der Waals surface area contributed by atoms with Crippen LogP contribution in [0.25, 0.3) is 0 Å². The van der Waals surface area contributed by atoms with Crippen molar-refractivity contribution in [2.24, 2.45) is 11.6 Å². The quantitative estimate of drug-likeness (QED) is 0.460. The van der Waals surface area contributed by atoms with E-state index in [0.29, 0.717) is 18.1 Å². The molecule has 2 saturated heterocycles. The van der Waals surface area contributed by atoms with Crippen LogP contribution in [-0.4, -0.2) is 23.1 Å². The predicted octanol–water partition coefficient (Wildman–Crippen LogP) is -0.186. The molecule has 3 nitrogen and oxygen atoms in total. The molecule has 2 bridgehead atoms. The molecule has 58 valence electrons. The van der Waals surface area contributed by atoms with Gasteiger partial charge in [-0.1, -0.05) is 0 Å². The number of hydrazine groups is 1. The fourth-order valence-corrected chi connectivity index (χ4v) is 2.26. The monoisotopic (exact) mass is 141 g/mol. The second kappa shape index (κ2) is 2.19. The first-order valence-corrected chi connectivity index (χ1v) is 4.06. The minimum absolute atomic E-state index is 0.414. The van der Waals surface area contributed by atoms with Crippen molar-refractivity contribution in [2.75, 3.05) is 0 Å². The predicted molar refractivity (Wildman–Crippen MR) is 40.0 cm³/mol. The minimum Gasteiger partial charge on any atom is -0.328 e. The van der Waals surface area contributed by atoms with Gasteiger partial charge >= 0.3 is 0 Å². The summed E-state index contributed by atoms with van der Waals surface area (Å²) in [5.74, 6) is 5.82. The van der Waals surface area contributed by atoms with E-state index in [1.165, 1.54) is 12.8 Å². The molecule has 0 aromatic heterocycles. The van der Waals surface area contributed by atoms with Gasteiger partial charge in [0.05, 0.1) is 0 Å². The number of nitrogens with two attached hydrogens (primary N) is 2. The van der Waals surface area contributed by atoms with Crippen LogP contribution in [0.4, 0.5) is 0 Å². The van der Waals surface area contributed by atoms with Gasteiger partial charge in [0.1, 0.15) is 0 Å². The summed E-state index contributed by atoms with van der Waals surface area (Å²) < 4.78 is 0. The molecule has 0 aromatic rings. The number of rotatable bonds is 0. The Labute approximate surface area is 61.3 Å². The second-order valence-electron chi connectivity index (χ2n) is 3.56. The third-order valence-corrected chi connectivity index (χ3v) is 2.83. The van der Waals surface area contributed by atoms with Crippen molar-refractivity contribution in [3.63, 3.8) is 0 Å². The van der Waals surface area contributed by atoms with Crippen LogP contribution in [0.1, 0.15) is 25.7 Å². The van der Waals surface area contributed by atoms with E-state index in [1.807, 2.05) is 5.01 Å². The Bertz CT molecular complexity index is 123. The molecule has 0 aromatic carbocycles. The molecule has 0 spiro atoms. The first-order valence-electron chi connectivity index (χ1n) is 4.06.